The van der Waals surface area contributed by atoms with E-state index in [4.69, 9.17) is 0 Å². The highest BCUT2D eigenvalue weighted by molar-refractivity contribution is 6.04. The van der Waals surface area contributed by atoms with Crippen molar-refractivity contribution in [3.05, 3.63) is 59.4 Å². The number of hydrogen-bond acceptors (Lipinski definition) is 3. The third kappa shape index (κ3) is 3.31. The van der Waals surface area contributed by atoms with E-state index in [0.717, 1.165) is 5.69 Å². The van der Waals surface area contributed by atoms with Crippen LogP contribution < -0.4 is 5.32 Å². The Kier molecular flexibility index (Phi) is 4.26. The summed E-state index contributed by atoms with van der Waals surface area (Å²) in [6.45, 7) is 5.13. The van der Waals surface area contributed by atoms with Gasteiger partial charge in [-0.3, -0.25) is 14.6 Å². The highest BCUT2D eigenvalue weighted by Crippen LogP contribution is 2.24. The van der Waals surface area contributed by atoms with Crippen LogP contribution in [0.15, 0.2) is 42.6 Å². The summed E-state index contributed by atoms with van der Waals surface area (Å²) in [5, 5.41) is 12.0. The SMILES string of the molecule is Cc1ccc(C(=O)Nc2ccc(C(C)(C)C(=O)O)cc2)cn1. The summed E-state index contributed by atoms with van der Waals surface area (Å²) in [7, 11) is 0. The van der Waals surface area contributed by atoms with Gasteiger partial charge >= 0.3 is 5.97 Å². The van der Waals surface area contributed by atoms with E-state index in [2.05, 4.69) is 10.3 Å². The van der Waals surface area contributed by atoms with Crippen molar-refractivity contribution in [2.45, 2.75) is 26.2 Å². The number of aliphatic carboxylic acids is 1. The third-order valence-electron chi connectivity index (χ3n) is 3.57. The number of carboxylic acids is 1. The molecular formula is C17H18N2O3. The standard InChI is InChI=1S/C17H18N2O3/c1-11-4-5-12(10-18-11)15(20)19-14-8-6-13(7-9-14)17(2,3)16(21)22/h4-10H,1-3H3,(H,19,20)(H,21,22). The summed E-state index contributed by atoms with van der Waals surface area (Å²) < 4.78 is 0. The van der Waals surface area contributed by atoms with Crippen molar-refractivity contribution >= 4 is 17.6 Å². The van der Waals surface area contributed by atoms with Gasteiger partial charge in [0.15, 0.2) is 0 Å². The molecule has 0 radical (unpaired) electrons. The molecule has 22 heavy (non-hydrogen) atoms. The molecule has 0 saturated carbocycles. The molecule has 0 saturated heterocycles. The van der Waals surface area contributed by atoms with Crippen molar-refractivity contribution in [2.24, 2.45) is 0 Å². The van der Waals surface area contributed by atoms with Gasteiger partial charge in [-0.2, -0.15) is 0 Å². The Hall–Kier alpha value is -2.69. The highest BCUT2D eigenvalue weighted by atomic mass is 16.4. The normalized spacial score (nSPS) is 11.0. The average molecular weight is 298 g/mol. The zero-order chi connectivity index (χ0) is 16.3. The quantitative estimate of drug-likeness (QED) is 0.909. The van der Waals surface area contributed by atoms with Gasteiger partial charge in [0.1, 0.15) is 0 Å². The molecule has 0 fully saturated rings. The minimum atomic E-state index is -0.969. The first-order valence-electron chi connectivity index (χ1n) is 6.88. The van der Waals surface area contributed by atoms with Crippen LogP contribution in [0.5, 0.6) is 0 Å². The summed E-state index contributed by atoms with van der Waals surface area (Å²) >= 11 is 0. The maximum atomic E-state index is 12.1. The van der Waals surface area contributed by atoms with Gasteiger partial charge in [0.2, 0.25) is 0 Å². The smallest absolute Gasteiger partial charge is 0.313 e. The molecule has 0 unspecified atom stereocenters. The molecule has 0 atom stereocenters. The number of carbonyl (C=O) groups is 2. The van der Waals surface area contributed by atoms with E-state index in [0.29, 0.717) is 16.8 Å². The lowest BCUT2D eigenvalue weighted by molar-refractivity contribution is -0.142. The third-order valence-corrected chi connectivity index (χ3v) is 3.57. The number of hydrogen-bond donors (Lipinski definition) is 2. The summed E-state index contributed by atoms with van der Waals surface area (Å²) in [6, 6.07) is 10.3. The fourth-order valence-corrected chi connectivity index (χ4v) is 1.90. The number of nitrogens with one attached hydrogen (secondary N) is 1. The maximum Gasteiger partial charge on any atom is 0.313 e. The average Bonchev–Trinajstić information content (AvgIpc) is 2.48. The Morgan fingerprint density at radius 2 is 1.73 bits per heavy atom. The molecule has 1 heterocycles. The van der Waals surface area contributed by atoms with E-state index in [1.54, 1.807) is 50.2 Å². The second-order valence-corrected chi connectivity index (χ2v) is 5.65. The monoisotopic (exact) mass is 298 g/mol. The summed E-state index contributed by atoms with van der Waals surface area (Å²) in [4.78, 5) is 27.4. The molecule has 5 nitrogen and oxygen atoms in total. The molecular weight excluding hydrogens is 280 g/mol. The summed E-state index contributed by atoms with van der Waals surface area (Å²) in [5.41, 5.74) is 1.63. The van der Waals surface area contributed by atoms with Gasteiger partial charge in [0, 0.05) is 17.6 Å². The van der Waals surface area contributed by atoms with Crippen molar-refractivity contribution < 1.29 is 14.7 Å². The van der Waals surface area contributed by atoms with Crippen molar-refractivity contribution in [1.82, 2.24) is 4.98 Å². The number of aryl methyl sites for hydroxylation is 1. The second-order valence-electron chi connectivity index (χ2n) is 5.65. The first-order valence-corrected chi connectivity index (χ1v) is 6.88. The number of benzene rings is 1. The maximum absolute atomic E-state index is 12.1. The van der Waals surface area contributed by atoms with Gasteiger partial charge in [-0.1, -0.05) is 12.1 Å². The fourth-order valence-electron chi connectivity index (χ4n) is 1.90. The van der Waals surface area contributed by atoms with Gasteiger partial charge < -0.3 is 10.4 Å². The summed E-state index contributed by atoms with van der Waals surface area (Å²) in [5.74, 6) is -1.15. The number of aromatic nitrogens is 1. The number of anilines is 1. The number of amides is 1. The Bertz CT molecular complexity index is 689. The predicted octanol–water partition coefficient (Wildman–Crippen LogP) is 3.00. The van der Waals surface area contributed by atoms with E-state index < -0.39 is 11.4 Å². The van der Waals surface area contributed by atoms with Crippen LogP contribution in [0.4, 0.5) is 5.69 Å². The molecule has 1 aromatic heterocycles. The molecule has 0 aliphatic heterocycles. The van der Waals surface area contributed by atoms with Crippen LogP contribution >= 0.6 is 0 Å². The lowest BCUT2D eigenvalue weighted by Crippen LogP contribution is -2.28. The lowest BCUT2D eigenvalue weighted by Gasteiger charge is -2.19. The van der Waals surface area contributed by atoms with Crippen molar-refractivity contribution in [3.63, 3.8) is 0 Å². The molecule has 0 aliphatic carbocycles. The van der Waals surface area contributed by atoms with E-state index in [-0.39, 0.29) is 5.91 Å². The van der Waals surface area contributed by atoms with Gasteiger partial charge in [0.05, 0.1) is 11.0 Å². The topological polar surface area (TPSA) is 79.3 Å². The largest absolute Gasteiger partial charge is 0.481 e. The molecule has 0 bridgehead atoms. The minimum Gasteiger partial charge on any atom is -0.481 e. The predicted molar refractivity (Wildman–Crippen MR) is 84.0 cm³/mol. The van der Waals surface area contributed by atoms with Gasteiger partial charge in [-0.15, -0.1) is 0 Å². The molecule has 0 spiro atoms. The van der Waals surface area contributed by atoms with Crippen LogP contribution in [0.1, 0.15) is 35.5 Å². The molecule has 5 heteroatoms. The molecule has 2 rings (SSSR count). The van der Waals surface area contributed by atoms with Gasteiger partial charge in [0.25, 0.3) is 5.91 Å². The Balaban J connectivity index is 2.13. The second kappa shape index (κ2) is 5.97. The van der Waals surface area contributed by atoms with E-state index >= 15 is 0 Å². The van der Waals surface area contributed by atoms with Crippen molar-refractivity contribution in [3.8, 4) is 0 Å². The van der Waals surface area contributed by atoms with Gasteiger partial charge in [-0.25, -0.2) is 0 Å². The minimum absolute atomic E-state index is 0.252. The van der Waals surface area contributed by atoms with Crippen molar-refractivity contribution in [1.29, 1.82) is 0 Å². The van der Waals surface area contributed by atoms with Crippen LogP contribution in [0.25, 0.3) is 0 Å². The first-order chi connectivity index (χ1) is 10.3. The zero-order valence-corrected chi connectivity index (χ0v) is 12.8. The Morgan fingerprint density at radius 1 is 1.09 bits per heavy atom. The molecule has 0 aliphatic rings. The number of carboxylic acid groups (broad SMARTS) is 1. The van der Waals surface area contributed by atoms with Crippen LogP contribution in [0.3, 0.4) is 0 Å². The first kappa shape index (κ1) is 15.7. The van der Waals surface area contributed by atoms with Crippen molar-refractivity contribution in [2.75, 3.05) is 5.32 Å². The number of rotatable bonds is 4. The van der Waals surface area contributed by atoms with E-state index in [9.17, 15) is 14.7 Å². The summed E-state index contributed by atoms with van der Waals surface area (Å²) in [6.07, 6.45) is 1.52. The molecule has 1 aromatic carbocycles. The van der Waals surface area contributed by atoms with Crippen LogP contribution in [0.2, 0.25) is 0 Å². The number of pyridine rings is 1. The van der Waals surface area contributed by atoms with Crippen LogP contribution in [0, 0.1) is 6.92 Å². The Morgan fingerprint density at radius 3 is 2.23 bits per heavy atom. The molecule has 114 valence electrons. The Labute approximate surface area is 129 Å². The highest BCUT2D eigenvalue weighted by Gasteiger charge is 2.29. The molecule has 2 N–H and O–H groups in total. The molecule has 2 aromatic rings. The van der Waals surface area contributed by atoms with Crippen LogP contribution in [-0.2, 0) is 10.2 Å². The van der Waals surface area contributed by atoms with Crippen LogP contribution in [-0.4, -0.2) is 22.0 Å². The fraction of sp³-hybridized carbons (Fsp3) is 0.235. The zero-order valence-electron chi connectivity index (χ0n) is 12.8. The number of nitrogens with zero attached hydrogens (tertiary/aromatic N) is 1. The van der Waals surface area contributed by atoms with Gasteiger partial charge in [-0.05, 0) is 50.6 Å². The molecule has 1 amide bonds. The number of carbonyl (C=O) groups excluding carboxylic acids is 1. The van der Waals surface area contributed by atoms with E-state index in [1.807, 2.05) is 6.92 Å². The lowest BCUT2D eigenvalue weighted by atomic mass is 9.85. The van der Waals surface area contributed by atoms with E-state index in [1.165, 1.54) is 6.20 Å².